The minimum Gasteiger partial charge on any atom is -0.333 e. The monoisotopic (exact) mass is 264 g/mol. The van der Waals surface area contributed by atoms with Gasteiger partial charge in [0.05, 0.1) is 12.5 Å². The Balaban J connectivity index is 2.15. The SMILES string of the molecule is N#CCCN(Cc1ccccc1)C(=O)c1ccccc1. The van der Waals surface area contributed by atoms with Crippen molar-refractivity contribution in [1.82, 2.24) is 4.90 Å². The molecule has 0 saturated heterocycles. The number of carbonyl (C=O) groups is 1. The molecule has 2 rings (SSSR count). The average molecular weight is 264 g/mol. The van der Waals surface area contributed by atoms with Crippen LogP contribution in [0.25, 0.3) is 0 Å². The molecule has 0 heterocycles. The average Bonchev–Trinajstić information content (AvgIpc) is 2.52. The Bertz CT molecular complexity index is 587. The topological polar surface area (TPSA) is 44.1 Å². The summed E-state index contributed by atoms with van der Waals surface area (Å²) in [6.07, 6.45) is 0.339. The van der Waals surface area contributed by atoms with Gasteiger partial charge in [-0.15, -0.1) is 0 Å². The van der Waals surface area contributed by atoms with Crippen LogP contribution in [0.5, 0.6) is 0 Å². The van der Waals surface area contributed by atoms with Crippen molar-refractivity contribution in [1.29, 1.82) is 5.26 Å². The second-order valence-electron chi connectivity index (χ2n) is 4.49. The molecule has 1 amide bonds. The number of benzene rings is 2. The van der Waals surface area contributed by atoms with E-state index in [1.807, 2.05) is 48.5 Å². The van der Waals surface area contributed by atoms with Crippen molar-refractivity contribution >= 4 is 5.91 Å². The maximum Gasteiger partial charge on any atom is 0.254 e. The molecule has 0 aliphatic carbocycles. The van der Waals surface area contributed by atoms with Gasteiger partial charge in [-0.2, -0.15) is 5.26 Å². The molecule has 2 aromatic rings. The van der Waals surface area contributed by atoms with Crippen LogP contribution in [0.3, 0.4) is 0 Å². The molecule has 0 N–H and O–H groups in total. The van der Waals surface area contributed by atoms with Crippen LogP contribution in [0, 0.1) is 11.3 Å². The standard InChI is InChI=1S/C17H16N2O/c18-12-7-13-19(14-15-8-3-1-4-9-15)17(20)16-10-5-2-6-11-16/h1-6,8-11H,7,13-14H2. The van der Waals surface area contributed by atoms with Crippen molar-refractivity contribution in [3.05, 3.63) is 71.8 Å². The second-order valence-corrected chi connectivity index (χ2v) is 4.49. The number of carbonyl (C=O) groups excluding carboxylic acids is 1. The summed E-state index contributed by atoms with van der Waals surface area (Å²) >= 11 is 0. The molecule has 0 unspecified atom stereocenters. The predicted octanol–water partition coefficient (Wildman–Crippen LogP) is 3.24. The molecule has 0 radical (unpaired) electrons. The molecule has 100 valence electrons. The van der Waals surface area contributed by atoms with Crippen LogP contribution < -0.4 is 0 Å². The number of nitriles is 1. The fourth-order valence-corrected chi connectivity index (χ4v) is 2.00. The highest BCUT2D eigenvalue weighted by Gasteiger charge is 2.15. The van der Waals surface area contributed by atoms with Gasteiger partial charge in [0.2, 0.25) is 0 Å². The van der Waals surface area contributed by atoms with Gasteiger partial charge in [-0.3, -0.25) is 4.79 Å². The molecule has 0 fully saturated rings. The van der Waals surface area contributed by atoms with E-state index in [4.69, 9.17) is 5.26 Å². The Hall–Kier alpha value is -2.60. The lowest BCUT2D eigenvalue weighted by molar-refractivity contribution is 0.0747. The Kier molecular flexibility index (Phi) is 4.91. The third kappa shape index (κ3) is 3.69. The molecule has 20 heavy (non-hydrogen) atoms. The maximum absolute atomic E-state index is 12.5. The van der Waals surface area contributed by atoms with Crippen molar-refractivity contribution < 1.29 is 4.79 Å². The zero-order chi connectivity index (χ0) is 14.2. The van der Waals surface area contributed by atoms with Gasteiger partial charge in [0.25, 0.3) is 5.91 Å². The summed E-state index contributed by atoms with van der Waals surface area (Å²) in [4.78, 5) is 14.2. The van der Waals surface area contributed by atoms with E-state index >= 15 is 0 Å². The fourth-order valence-electron chi connectivity index (χ4n) is 2.00. The summed E-state index contributed by atoms with van der Waals surface area (Å²) in [5, 5.41) is 8.75. The minimum absolute atomic E-state index is 0.0373. The van der Waals surface area contributed by atoms with E-state index in [-0.39, 0.29) is 5.91 Å². The highest BCUT2D eigenvalue weighted by Crippen LogP contribution is 2.10. The Labute approximate surface area is 119 Å². The normalized spacial score (nSPS) is 9.75. The van der Waals surface area contributed by atoms with Gasteiger partial charge < -0.3 is 4.90 Å². The molecule has 0 aliphatic rings. The van der Waals surface area contributed by atoms with Gasteiger partial charge in [-0.1, -0.05) is 48.5 Å². The summed E-state index contributed by atoms with van der Waals surface area (Å²) in [5.41, 5.74) is 1.72. The second kappa shape index (κ2) is 7.10. The van der Waals surface area contributed by atoms with Gasteiger partial charge in [0.15, 0.2) is 0 Å². The van der Waals surface area contributed by atoms with Gasteiger partial charge in [-0.25, -0.2) is 0 Å². The van der Waals surface area contributed by atoms with E-state index < -0.39 is 0 Å². The number of hydrogen-bond donors (Lipinski definition) is 0. The molecule has 0 spiro atoms. The van der Waals surface area contributed by atoms with E-state index in [0.717, 1.165) is 5.56 Å². The van der Waals surface area contributed by atoms with Crippen molar-refractivity contribution in [3.8, 4) is 6.07 Å². The first-order chi connectivity index (χ1) is 9.81. The smallest absolute Gasteiger partial charge is 0.254 e. The third-order valence-electron chi connectivity index (χ3n) is 3.02. The van der Waals surface area contributed by atoms with E-state index in [2.05, 4.69) is 6.07 Å². The highest BCUT2D eigenvalue weighted by molar-refractivity contribution is 5.94. The molecule has 0 bridgehead atoms. The molecule has 0 aliphatic heterocycles. The summed E-state index contributed by atoms with van der Waals surface area (Å²) in [5.74, 6) is -0.0373. The molecular weight excluding hydrogens is 248 g/mol. The van der Waals surface area contributed by atoms with Gasteiger partial charge in [-0.05, 0) is 17.7 Å². The molecule has 3 nitrogen and oxygen atoms in total. The zero-order valence-corrected chi connectivity index (χ0v) is 11.2. The molecule has 3 heteroatoms. The van der Waals surface area contributed by atoms with E-state index in [1.165, 1.54) is 0 Å². The summed E-state index contributed by atoms with van der Waals surface area (Å²) in [6.45, 7) is 0.968. The molecular formula is C17H16N2O. The third-order valence-corrected chi connectivity index (χ3v) is 3.02. The number of amides is 1. The van der Waals surface area contributed by atoms with Crippen LogP contribution in [0.15, 0.2) is 60.7 Å². The lowest BCUT2D eigenvalue weighted by atomic mass is 10.1. The van der Waals surface area contributed by atoms with Crippen LogP contribution >= 0.6 is 0 Å². The molecule has 0 saturated carbocycles. The predicted molar refractivity (Wildman–Crippen MR) is 77.9 cm³/mol. The van der Waals surface area contributed by atoms with Gasteiger partial charge in [0.1, 0.15) is 0 Å². The molecule has 0 aromatic heterocycles. The summed E-state index contributed by atoms with van der Waals surface area (Å²) in [6, 6.07) is 21.1. The first kappa shape index (κ1) is 13.8. The fraction of sp³-hybridized carbons (Fsp3) is 0.176. The largest absolute Gasteiger partial charge is 0.333 e. The van der Waals surface area contributed by atoms with Gasteiger partial charge in [0, 0.05) is 18.7 Å². The van der Waals surface area contributed by atoms with Crippen molar-refractivity contribution in [2.75, 3.05) is 6.54 Å². The Morgan fingerprint density at radius 3 is 2.20 bits per heavy atom. The van der Waals surface area contributed by atoms with E-state index in [0.29, 0.717) is 25.1 Å². The number of hydrogen-bond acceptors (Lipinski definition) is 2. The van der Waals surface area contributed by atoms with E-state index in [9.17, 15) is 4.79 Å². The van der Waals surface area contributed by atoms with Crippen LogP contribution in [-0.4, -0.2) is 17.4 Å². The zero-order valence-electron chi connectivity index (χ0n) is 11.2. The number of rotatable bonds is 5. The van der Waals surface area contributed by atoms with Crippen LogP contribution in [-0.2, 0) is 6.54 Å². The quantitative estimate of drug-likeness (QED) is 0.832. The van der Waals surface area contributed by atoms with Crippen molar-refractivity contribution in [3.63, 3.8) is 0 Å². The summed E-state index contributed by atoms with van der Waals surface area (Å²) in [7, 11) is 0. The van der Waals surface area contributed by atoms with E-state index in [1.54, 1.807) is 17.0 Å². The summed E-state index contributed by atoms with van der Waals surface area (Å²) < 4.78 is 0. The lowest BCUT2D eigenvalue weighted by Gasteiger charge is -2.21. The van der Waals surface area contributed by atoms with Crippen LogP contribution in [0.2, 0.25) is 0 Å². The van der Waals surface area contributed by atoms with Crippen LogP contribution in [0.4, 0.5) is 0 Å². The van der Waals surface area contributed by atoms with Gasteiger partial charge >= 0.3 is 0 Å². The number of nitrogens with zero attached hydrogens (tertiary/aromatic N) is 2. The minimum atomic E-state index is -0.0373. The van der Waals surface area contributed by atoms with Crippen LogP contribution in [0.1, 0.15) is 22.3 Å². The first-order valence-electron chi connectivity index (χ1n) is 6.56. The maximum atomic E-state index is 12.5. The molecule has 2 aromatic carbocycles. The van der Waals surface area contributed by atoms with Crippen molar-refractivity contribution in [2.24, 2.45) is 0 Å². The lowest BCUT2D eigenvalue weighted by Crippen LogP contribution is -2.31. The molecule has 0 atom stereocenters. The van der Waals surface area contributed by atoms with Crippen molar-refractivity contribution in [2.45, 2.75) is 13.0 Å². The Morgan fingerprint density at radius 1 is 1.00 bits per heavy atom. The highest BCUT2D eigenvalue weighted by atomic mass is 16.2. The first-order valence-corrected chi connectivity index (χ1v) is 6.56. The Morgan fingerprint density at radius 2 is 1.60 bits per heavy atom.